The van der Waals surface area contributed by atoms with Crippen LogP contribution in [-0.2, 0) is 15.8 Å². The highest BCUT2D eigenvalue weighted by atomic mass is 35.5. The van der Waals surface area contributed by atoms with Gasteiger partial charge in [-0.3, -0.25) is 19.4 Å². The summed E-state index contributed by atoms with van der Waals surface area (Å²) in [6.07, 6.45) is 3.81. The molecule has 0 radical (unpaired) electrons. The average Bonchev–Trinajstić information content (AvgIpc) is 3.62. The van der Waals surface area contributed by atoms with Crippen molar-refractivity contribution >= 4 is 30.0 Å². The molecule has 6 aliphatic rings. The number of imide groups is 1. The number of carbonyl (C=O) groups excluding carboxylic acids is 2. The fourth-order valence-corrected chi connectivity index (χ4v) is 6.79. The molecule has 1 aromatic heterocycles. The number of nitrogens with zero attached hydrogens (tertiary/aromatic N) is 4. The van der Waals surface area contributed by atoms with Crippen LogP contribution in [0.1, 0.15) is 24.8 Å². The standard InChI is InChI=1S/C25H29F3N4O2.ClH/c26-25(27,28)15-3-6-20(29-14-15)31-11-9-30(10-12-31)7-1-2-8-32-23(33)21-16-4-5-17(19-13-18(16)19)22(21)24(32)34;/h3-6,14,16-19,21-22H,1-2,7-13H2;1H. The number of pyridine rings is 1. The van der Waals surface area contributed by atoms with Crippen molar-refractivity contribution in [3.8, 4) is 0 Å². The second-order valence-electron chi connectivity index (χ2n) is 10.4. The van der Waals surface area contributed by atoms with Crippen LogP contribution >= 0.6 is 12.4 Å². The highest BCUT2D eigenvalue weighted by Gasteiger charge is 2.66. The lowest BCUT2D eigenvalue weighted by molar-refractivity contribution is -0.140. The summed E-state index contributed by atoms with van der Waals surface area (Å²) in [4.78, 5) is 35.9. The number of allylic oxidation sites excluding steroid dienone is 2. The third-order valence-corrected chi connectivity index (χ3v) is 8.63. The van der Waals surface area contributed by atoms with Crippen LogP contribution in [0.15, 0.2) is 30.5 Å². The van der Waals surface area contributed by atoms with E-state index >= 15 is 0 Å². The fraction of sp³-hybridized carbons (Fsp3) is 0.640. The Balaban J connectivity index is 0.00000253. The van der Waals surface area contributed by atoms with Crippen molar-refractivity contribution in [3.05, 3.63) is 36.0 Å². The topological polar surface area (TPSA) is 56.8 Å². The molecule has 190 valence electrons. The van der Waals surface area contributed by atoms with Gasteiger partial charge in [0.25, 0.3) is 0 Å². The largest absolute Gasteiger partial charge is 0.417 e. The van der Waals surface area contributed by atoms with Crippen LogP contribution in [0.5, 0.6) is 0 Å². The zero-order valence-electron chi connectivity index (χ0n) is 19.4. The molecule has 7 rings (SSSR count). The zero-order valence-corrected chi connectivity index (χ0v) is 20.2. The first kappa shape index (κ1) is 24.6. The van der Waals surface area contributed by atoms with Gasteiger partial charge in [0.05, 0.1) is 17.4 Å². The molecular weight excluding hydrogens is 481 g/mol. The van der Waals surface area contributed by atoms with Crippen LogP contribution in [0.25, 0.3) is 0 Å². The Kier molecular flexibility index (Phi) is 6.36. The molecule has 10 heteroatoms. The molecule has 2 bridgehead atoms. The van der Waals surface area contributed by atoms with E-state index in [4.69, 9.17) is 0 Å². The molecule has 35 heavy (non-hydrogen) atoms. The molecule has 4 fully saturated rings. The summed E-state index contributed by atoms with van der Waals surface area (Å²) in [5.41, 5.74) is -0.732. The third kappa shape index (κ3) is 4.24. The molecule has 0 N–H and O–H groups in total. The van der Waals surface area contributed by atoms with E-state index in [2.05, 4.69) is 22.0 Å². The summed E-state index contributed by atoms with van der Waals surface area (Å²) in [6.45, 7) is 4.44. The third-order valence-electron chi connectivity index (χ3n) is 8.63. The second-order valence-corrected chi connectivity index (χ2v) is 10.4. The van der Waals surface area contributed by atoms with Crippen molar-refractivity contribution in [1.29, 1.82) is 0 Å². The van der Waals surface area contributed by atoms with Gasteiger partial charge >= 0.3 is 6.18 Å². The van der Waals surface area contributed by atoms with Gasteiger partial charge in [-0.15, -0.1) is 12.4 Å². The average molecular weight is 511 g/mol. The number of alkyl halides is 3. The normalized spacial score (nSPS) is 33.6. The highest BCUT2D eigenvalue weighted by molar-refractivity contribution is 6.06. The molecule has 3 heterocycles. The van der Waals surface area contributed by atoms with Gasteiger partial charge in [-0.05, 0) is 61.6 Å². The van der Waals surface area contributed by atoms with E-state index in [1.807, 2.05) is 4.90 Å². The molecule has 0 spiro atoms. The molecule has 6 atom stereocenters. The van der Waals surface area contributed by atoms with Gasteiger partial charge < -0.3 is 4.90 Å². The molecule has 2 saturated heterocycles. The van der Waals surface area contributed by atoms with Crippen LogP contribution in [0, 0.1) is 35.5 Å². The van der Waals surface area contributed by atoms with E-state index in [0.717, 1.165) is 44.7 Å². The van der Waals surface area contributed by atoms with E-state index in [9.17, 15) is 22.8 Å². The van der Waals surface area contributed by atoms with E-state index in [1.165, 1.54) is 12.5 Å². The maximum absolute atomic E-state index is 13.0. The van der Waals surface area contributed by atoms with Gasteiger partial charge in [0, 0.05) is 38.9 Å². The quantitative estimate of drug-likeness (QED) is 0.333. The summed E-state index contributed by atoms with van der Waals surface area (Å²) >= 11 is 0. The number of aromatic nitrogens is 1. The first-order chi connectivity index (χ1) is 16.3. The minimum absolute atomic E-state index is 0. The van der Waals surface area contributed by atoms with Gasteiger partial charge in [0.15, 0.2) is 0 Å². The number of hydrogen-bond acceptors (Lipinski definition) is 5. The van der Waals surface area contributed by atoms with Crippen LogP contribution in [-0.4, -0.2) is 65.9 Å². The summed E-state index contributed by atoms with van der Waals surface area (Å²) in [5, 5.41) is 0. The molecule has 2 saturated carbocycles. The minimum Gasteiger partial charge on any atom is -0.354 e. The number of hydrogen-bond donors (Lipinski definition) is 0. The Hall–Kier alpha value is -2.13. The Morgan fingerprint density at radius 1 is 0.886 bits per heavy atom. The van der Waals surface area contributed by atoms with E-state index < -0.39 is 11.7 Å². The molecule has 6 unspecified atom stereocenters. The summed E-state index contributed by atoms with van der Waals surface area (Å²) < 4.78 is 38.2. The Morgan fingerprint density at radius 2 is 1.49 bits per heavy atom. The van der Waals surface area contributed by atoms with E-state index in [1.54, 1.807) is 4.90 Å². The first-order valence-electron chi connectivity index (χ1n) is 12.4. The summed E-state index contributed by atoms with van der Waals surface area (Å²) in [5.74, 6) is 2.26. The number of carbonyl (C=O) groups is 2. The number of unbranched alkanes of at least 4 members (excludes halogenated alkanes) is 1. The lowest BCUT2D eigenvalue weighted by Crippen LogP contribution is -2.47. The first-order valence-corrected chi connectivity index (χ1v) is 12.4. The van der Waals surface area contributed by atoms with Crippen LogP contribution in [0.3, 0.4) is 0 Å². The molecule has 2 aliphatic heterocycles. The smallest absolute Gasteiger partial charge is 0.354 e. The molecule has 1 aromatic rings. The Labute approximate surface area is 208 Å². The fourth-order valence-electron chi connectivity index (χ4n) is 6.79. The van der Waals surface area contributed by atoms with Crippen molar-refractivity contribution in [3.63, 3.8) is 0 Å². The van der Waals surface area contributed by atoms with Gasteiger partial charge in [0.2, 0.25) is 11.8 Å². The van der Waals surface area contributed by atoms with E-state index in [0.29, 0.717) is 37.3 Å². The van der Waals surface area contributed by atoms with Gasteiger partial charge in [-0.2, -0.15) is 13.2 Å². The van der Waals surface area contributed by atoms with Gasteiger partial charge in [-0.1, -0.05) is 12.2 Å². The highest BCUT2D eigenvalue weighted by Crippen LogP contribution is 2.65. The van der Waals surface area contributed by atoms with Crippen LogP contribution in [0.4, 0.5) is 19.0 Å². The number of halogens is 4. The lowest BCUT2D eigenvalue weighted by atomic mass is 9.63. The van der Waals surface area contributed by atoms with Gasteiger partial charge in [-0.25, -0.2) is 4.98 Å². The zero-order chi connectivity index (χ0) is 23.6. The van der Waals surface area contributed by atoms with Crippen LogP contribution < -0.4 is 4.90 Å². The van der Waals surface area contributed by atoms with Crippen molar-refractivity contribution in [1.82, 2.24) is 14.8 Å². The predicted octanol–water partition coefficient (Wildman–Crippen LogP) is 3.48. The minimum atomic E-state index is -4.37. The second kappa shape index (κ2) is 9.07. The lowest BCUT2D eigenvalue weighted by Gasteiger charge is -2.37. The number of likely N-dealkylation sites (tertiary alicyclic amines) is 1. The summed E-state index contributed by atoms with van der Waals surface area (Å²) in [7, 11) is 0. The van der Waals surface area contributed by atoms with Crippen molar-refractivity contribution in [2.45, 2.75) is 25.4 Å². The maximum Gasteiger partial charge on any atom is 0.417 e. The Bertz CT molecular complexity index is 973. The van der Waals surface area contributed by atoms with E-state index in [-0.39, 0.29) is 47.9 Å². The van der Waals surface area contributed by atoms with Crippen LogP contribution in [0.2, 0.25) is 0 Å². The maximum atomic E-state index is 13.0. The van der Waals surface area contributed by atoms with Crippen molar-refractivity contribution < 1.29 is 22.8 Å². The molecule has 2 amide bonds. The molecule has 6 nitrogen and oxygen atoms in total. The predicted molar refractivity (Wildman–Crippen MR) is 126 cm³/mol. The molecule has 4 aliphatic carbocycles. The molecule has 0 aromatic carbocycles. The summed E-state index contributed by atoms with van der Waals surface area (Å²) in [6, 6.07) is 2.52. The number of piperazine rings is 1. The monoisotopic (exact) mass is 510 g/mol. The van der Waals surface area contributed by atoms with Crippen molar-refractivity contribution in [2.75, 3.05) is 44.2 Å². The Morgan fingerprint density at radius 3 is 2.03 bits per heavy atom. The number of rotatable bonds is 6. The molecular formula is C25H30ClF3N4O2. The SMILES string of the molecule is Cl.O=C1C2C3C=CC(C4CC34)C2C(=O)N1CCCCN1CCN(c2ccc(C(F)(F)F)cn2)CC1. The number of amides is 2. The van der Waals surface area contributed by atoms with Crippen molar-refractivity contribution in [2.24, 2.45) is 35.5 Å². The number of anilines is 1. The van der Waals surface area contributed by atoms with Gasteiger partial charge in [0.1, 0.15) is 5.82 Å².